The molecule has 320 valence electrons. The van der Waals surface area contributed by atoms with Gasteiger partial charge in [-0.15, -0.1) is 0 Å². The molecule has 1 heterocycles. The minimum Gasteiger partial charge on any atom is -0.507 e. The van der Waals surface area contributed by atoms with E-state index in [1.54, 1.807) is 12.1 Å². The van der Waals surface area contributed by atoms with Crippen LogP contribution in [0, 0.1) is 33.6 Å². The number of phenols is 1. The Morgan fingerprint density at radius 2 is 1.32 bits per heavy atom. The van der Waals surface area contributed by atoms with Crippen molar-refractivity contribution < 1.29 is 38.4 Å². The molecule has 0 spiro atoms. The first-order valence-corrected chi connectivity index (χ1v) is 20.3. The maximum Gasteiger partial charge on any atom is 0.408 e. The summed E-state index contributed by atoms with van der Waals surface area (Å²) in [5.74, 6) is 0.441. The lowest BCUT2D eigenvalue weighted by molar-refractivity contribution is -0.144. The number of carbonyl (C=O) groups excluding carboxylic acids is 3. The molecule has 0 aliphatic heterocycles. The van der Waals surface area contributed by atoms with Gasteiger partial charge in [0.15, 0.2) is 17.5 Å². The highest BCUT2D eigenvalue weighted by atomic mass is 16.6. The summed E-state index contributed by atoms with van der Waals surface area (Å²) >= 11 is 0. The van der Waals surface area contributed by atoms with Gasteiger partial charge in [-0.2, -0.15) is 0 Å². The van der Waals surface area contributed by atoms with Gasteiger partial charge >= 0.3 is 18.0 Å². The standard InChI is InChI=1S/C47H59N5O8/c1-10-14-15-34(11-2)25-48-26-36(60-46(56)52-47(9,28-58-41(54)12-3)29-59-42(55)13-4)27-57-35-18-21-39(40(53)24-35)45-50-43(37-19-16-30(5)22-32(37)7)49-44(51-45)38-20-17-31(6)23-33(38)8/h12-13,16-24,34,36,48,53H,3-4,10-11,14-15,25-29H2,1-2,5-9H3,(H,52,56). The van der Waals surface area contributed by atoms with Gasteiger partial charge in [-0.1, -0.05) is 93.8 Å². The highest BCUT2D eigenvalue weighted by Crippen LogP contribution is 2.34. The van der Waals surface area contributed by atoms with Crippen molar-refractivity contribution in [3.63, 3.8) is 0 Å². The molecule has 3 aromatic carbocycles. The molecule has 4 aromatic rings. The lowest BCUT2D eigenvalue weighted by Gasteiger charge is -2.30. The van der Waals surface area contributed by atoms with Crippen molar-refractivity contribution in [2.45, 2.75) is 85.8 Å². The number of rotatable bonds is 22. The van der Waals surface area contributed by atoms with Crippen LogP contribution in [0.25, 0.3) is 34.2 Å². The number of hydrogen-bond donors (Lipinski definition) is 3. The quantitative estimate of drug-likeness (QED) is 0.0394. The molecular formula is C47H59N5O8. The number of carbonyl (C=O) groups is 3. The van der Waals surface area contributed by atoms with Gasteiger partial charge in [0, 0.05) is 35.9 Å². The normalized spacial score (nSPS) is 12.2. The maximum atomic E-state index is 13.4. The molecular weight excluding hydrogens is 763 g/mol. The molecule has 0 fully saturated rings. The van der Waals surface area contributed by atoms with Gasteiger partial charge in [0.25, 0.3) is 0 Å². The Bertz CT molecular complexity index is 2040. The second-order valence-electron chi connectivity index (χ2n) is 15.3. The van der Waals surface area contributed by atoms with Crippen molar-refractivity contribution in [3.05, 3.63) is 102 Å². The number of benzene rings is 3. The van der Waals surface area contributed by atoms with Crippen LogP contribution in [-0.2, 0) is 23.8 Å². The topological polar surface area (TPSA) is 171 Å². The lowest BCUT2D eigenvalue weighted by Crippen LogP contribution is -2.54. The Labute approximate surface area is 353 Å². The zero-order chi connectivity index (χ0) is 43.8. The highest BCUT2D eigenvalue weighted by Gasteiger charge is 2.32. The number of esters is 2. The Balaban J connectivity index is 1.59. The summed E-state index contributed by atoms with van der Waals surface area (Å²) in [4.78, 5) is 51.7. The molecule has 1 aromatic heterocycles. The van der Waals surface area contributed by atoms with E-state index in [0.29, 0.717) is 35.4 Å². The number of aromatic nitrogens is 3. The van der Waals surface area contributed by atoms with Gasteiger partial charge < -0.3 is 34.7 Å². The number of unbranched alkanes of at least 4 members (excludes halogenated alkanes) is 1. The second-order valence-corrected chi connectivity index (χ2v) is 15.3. The fraction of sp³-hybridized carbons (Fsp3) is 0.404. The van der Waals surface area contributed by atoms with Gasteiger partial charge in [0.2, 0.25) is 0 Å². The Morgan fingerprint density at radius 3 is 1.80 bits per heavy atom. The maximum absolute atomic E-state index is 13.4. The molecule has 1 amide bonds. The van der Waals surface area contributed by atoms with Crippen LogP contribution in [0.2, 0.25) is 0 Å². The van der Waals surface area contributed by atoms with E-state index in [1.165, 1.54) is 13.0 Å². The zero-order valence-corrected chi connectivity index (χ0v) is 35.9. The molecule has 2 atom stereocenters. The third-order valence-corrected chi connectivity index (χ3v) is 9.95. The molecule has 13 nitrogen and oxygen atoms in total. The van der Waals surface area contributed by atoms with Crippen LogP contribution in [0.3, 0.4) is 0 Å². The van der Waals surface area contributed by atoms with Gasteiger partial charge in [0.05, 0.1) is 5.56 Å². The van der Waals surface area contributed by atoms with E-state index >= 15 is 0 Å². The van der Waals surface area contributed by atoms with Crippen LogP contribution < -0.4 is 15.4 Å². The van der Waals surface area contributed by atoms with Gasteiger partial charge in [-0.3, -0.25) is 0 Å². The van der Waals surface area contributed by atoms with E-state index in [0.717, 1.165) is 71.2 Å². The van der Waals surface area contributed by atoms with E-state index < -0.39 is 29.7 Å². The summed E-state index contributed by atoms with van der Waals surface area (Å²) in [7, 11) is 0. The molecule has 2 unspecified atom stereocenters. The second kappa shape index (κ2) is 22.3. The molecule has 13 heteroatoms. The van der Waals surface area contributed by atoms with Crippen molar-refractivity contribution in [1.29, 1.82) is 0 Å². The number of alkyl carbamates (subject to hydrolysis) is 1. The van der Waals surface area contributed by atoms with Crippen LogP contribution >= 0.6 is 0 Å². The first kappa shape index (κ1) is 46.6. The van der Waals surface area contributed by atoms with Crippen molar-refractivity contribution in [2.75, 3.05) is 32.9 Å². The highest BCUT2D eigenvalue weighted by molar-refractivity contribution is 5.82. The number of phenolic OH excluding ortho intramolecular Hbond substituents is 1. The molecule has 4 rings (SSSR count). The van der Waals surface area contributed by atoms with Crippen molar-refractivity contribution >= 4 is 18.0 Å². The van der Waals surface area contributed by atoms with E-state index in [1.807, 2.05) is 52.0 Å². The number of ether oxygens (including phenoxy) is 4. The van der Waals surface area contributed by atoms with Gasteiger partial charge in [-0.25, -0.2) is 29.3 Å². The number of amides is 1. The molecule has 0 bridgehead atoms. The summed E-state index contributed by atoms with van der Waals surface area (Å²) < 4.78 is 22.3. The van der Waals surface area contributed by atoms with Crippen LogP contribution in [0.15, 0.2) is 79.9 Å². The number of aryl methyl sites for hydroxylation is 4. The van der Waals surface area contributed by atoms with Gasteiger partial charge in [0.1, 0.15) is 43.0 Å². The summed E-state index contributed by atoms with van der Waals surface area (Å²) in [5, 5.41) is 17.5. The molecule has 0 radical (unpaired) electrons. The first-order valence-electron chi connectivity index (χ1n) is 20.3. The third-order valence-electron chi connectivity index (χ3n) is 9.95. The minimum atomic E-state index is -1.35. The number of hydrogen-bond acceptors (Lipinski definition) is 12. The molecule has 0 saturated carbocycles. The van der Waals surface area contributed by atoms with E-state index in [2.05, 4.69) is 49.8 Å². The first-order chi connectivity index (χ1) is 28.7. The van der Waals surface area contributed by atoms with E-state index in [-0.39, 0.29) is 37.9 Å². The Kier molecular flexibility index (Phi) is 17.3. The molecule has 60 heavy (non-hydrogen) atoms. The number of aromatic hydroxyl groups is 1. The molecule has 3 N–H and O–H groups in total. The Hall–Kier alpha value is -6.08. The van der Waals surface area contributed by atoms with Crippen LogP contribution in [0.1, 0.15) is 68.7 Å². The fourth-order valence-corrected chi connectivity index (χ4v) is 6.49. The monoisotopic (exact) mass is 821 g/mol. The summed E-state index contributed by atoms with van der Waals surface area (Å²) in [6.45, 7) is 20.9. The van der Waals surface area contributed by atoms with Crippen LogP contribution in [0.4, 0.5) is 4.79 Å². The average molecular weight is 822 g/mol. The molecule has 0 saturated heterocycles. The van der Waals surface area contributed by atoms with Crippen molar-refractivity contribution in [3.8, 4) is 45.7 Å². The van der Waals surface area contributed by atoms with E-state index in [9.17, 15) is 19.5 Å². The Morgan fingerprint density at radius 1 is 0.783 bits per heavy atom. The number of nitrogens with zero attached hydrogens (tertiary/aromatic N) is 3. The SMILES string of the molecule is C=CC(=O)OCC(C)(COC(=O)C=C)NC(=O)OC(CNCC(CC)CCCC)COc1ccc(-c2nc(-c3ccc(C)cc3C)nc(-c3ccc(C)cc3C)n2)c(O)c1. The summed E-state index contributed by atoms with van der Waals surface area (Å²) in [6, 6.07) is 17.0. The molecule has 0 aliphatic rings. The lowest BCUT2D eigenvalue weighted by atomic mass is 9.99. The number of nitrogens with one attached hydrogen (secondary N) is 2. The third kappa shape index (κ3) is 13.8. The molecule has 0 aliphatic carbocycles. The van der Waals surface area contributed by atoms with E-state index in [4.69, 9.17) is 33.9 Å². The smallest absolute Gasteiger partial charge is 0.408 e. The fourth-order valence-electron chi connectivity index (χ4n) is 6.49. The van der Waals surface area contributed by atoms with Gasteiger partial charge in [-0.05, 0) is 76.8 Å². The largest absolute Gasteiger partial charge is 0.507 e. The van der Waals surface area contributed by atoms with Crippen molar-refractivity contribution in [1.82, 2.24) is 25.6 Å². The average Bonchev–Trinajstić information content (AvgIpc) is 3.22. The van der Waals surface area contributed by atoms with Crippen molar-refractivity contribution in [2.24, 2.45) is 5.92 Å². The predicted octanol–water partition coefficient (Wildman–Crippen LogP) is 8.31. The zero-order valence-electron chi connectivity index (χ0n) is 35.9. The summed E-state index contributed by atoms with van der Waals surface area (Å²) in [6.07, 6.45) is 4.57. The summed E-state index contributed by atoms with van der Waals surface area (Å²) in [5.41, 5.74) is 4.98. The minimum absolute atomic E-state index is 0.0853. The predicted molar refractivity (Wildman–Crippen MR) is 233 cm³/mol. The van der Waals surface area contributed by atoms with Crippen LogP contribution in [0.5, 0.6) is 11.5 Å². The van der Waals surface area contributed by atoms with Crippen LogP contribution in [-0.4, -0.2) is 82.6 Å².